The van der Waals surface area contributed by atoms with E-state index < -0.39 is 12.2 Å². The van der Waals surface area contributed by atoms with Crippen LogP contribution in [0, 0.1) is 0 Å². The summed E-state index contributed by atoms with van der Waals surface area (Å²) in [6.07, 6.45) is 2.40. The molecule has 1 N–H and O–H groups in total. The molecule has 2 saturated heterocycles. The van der Waals surface area contributed by atoms with Crippen molar-refractivity contribution < 1.29 is 14.4 Å². The Bertz CT molecular complexity index is 1150. The molecular weight excluding hydrogens is 525 g/mol. The molecule has 2 heterocycles. The number of rotatable bonds is 9. The van der Waals surface area contributed by atoms with E-state index in [-0.39, 0.29) is 30.9 Å². The van der Waals surface area contributed by atoms with Crippen molar-refractivity contribution in [1.82, 2.24) is 25.1 Å². The second-order valence-electron chi connectivity index (χ2n) is 9.78. The molecule has 0 spiro atoms. The average Bonchev–Trinajstić information content (AvgIpc) is 2.90. The quantitative estimate of drug-likeness (QED) is 0.474. The van der Waals surface area contributed by atoms with Gasteiger partial charge in [-0.3, -0.25) is 9.59 Å². The van der Waals surface area contributed by atoms with Crippen molar-refractivity contribution in [3.63, 3.8) is 0 Å². The van der Waals surface area contributed by atoms with Gasteiger partial charge in [-0.15, -0.1) is 0 Å². The van der Waals surface area contributed by atoms with E-state index in [1.54, 1.807) is 26.9 Å². The lowest BCUT2D eigenvalue weighted by Crippen LogP contribution is -2.76. The number of hydrogen-bond donors (Lipinski definition) is 1. The minimum absolute atomic E-state index is 0.0613. The molecule has 38 heavy (non-hydrogen) atoms. The van der Waals surface area contributed by atoms with Crippen molar-refractivity contribution in [1.29, 1.82) is 0 Å². The minimum atomic E-state index is -0.628. The van der Waals surface area contributed by atoms with Crippen molar-refractivity contribution in [2.45, 2.75) is 64.8 Å². The van der Waals surface area contributed by atoms with Crippen molar-refractivity contribution in [3.8, 4) is 0 Å². The summed E-state index contributed by atoms with van der Waals surface area (Å²) in [4.78, 5) is 44.2. The number of carbonyl (C=O) groups excluding carboxylic acids is 3. The third kappa shape index (κ3) is 6.25. The number of hydrazine groups is 1. The van der Waals surface area contributed by atoms with E-state index in [4.69, 9.17) is 23.2 Å². The highest BCUT2D eigenvalue weighted by Crippen LogP contribution is 2.31. The summed E-state index contributed by atoms with van der Waals surface area (Å²) < 4.78 is 0. The predicted octanol–water partition coefficient (Wildman–Crippen LogP) is 4.90. The fraction of sp³-hybridized carbons (Fsp3) is 0.464. The molecule has 8 nitrogen and oxygen atoms in total. The number of nitrogens with one attached hydrogen (secondary N) is 1. The molecule has 0 radical (unpaired) electrons. The van der Waals surface area contributed by atoms with Gasteiger partial charge in [0.1, 0.15) is 12.2 Å². The van der Waals surface area contributed by atoms with Crippen LogP contribution < -0.4 is 5.32 Å². The summed E-state index contributed by atoms with van der Waals surface area (Å²) in [5, 5.41) is 7.36. The van der Waals surface area contributed by atoms with Gasteiger partial charge in [-0.2, -0.15) is 0 Å². The van der Waals surface area contributed by atoms with Crippen molar-refractivity contribution in [3.05, 3.63) is 69.7 Å². The fourth-order valence-corrected chi connectivity index (χ4v) is 5.49. The van der Waals surface area contributed by atoms with Gasteiger partial charge in [-0.1, -0.05) is 86.3 Å². The smallest absolute Gasteiger partial charge is 0.333 e. The number of hydrogen-bond acceptors (Lipinski definition) is 4. The maximum Gasteiger partial charge on any atom is 0.334 e. The van der Waals surface area contributed by atoms with Crippen LogP contribution in [0.3, 0.4) is 0 Å². The van der Waals surface area contributed by atoms with Gasteiger partial charge in [0, 0.05) is 19.6 Å². The lowest BCUT2D eigenvalue weighted by atomic mass is 10.0. The van der Waals surface area contributed by atoms with Gasteiger partial charge < -0.3 is 15.1 Å². The van der Waals surface area contributed by atoms with Crippen LogP contribution in [0.5, 0.6) is 0 Å². The number of carbonyl (C=O) groups is 3. The molecule has 2 fully saturated rings. The van der Waals surface area contributed by atoms with E-state index in [0.29, 0.717) is 36.1 Å². The highest BCUT2D eigenvalue weighted by atomic mass is 35.5. The molecule has 204 valence electrons. The number of halogens is 2. The van der Waals surface area contributed by atoms with Crippen LogP contribution in [0.1, 0.15) is 50.7 Å². The number of urea groups is 1. The second kappa shape index (κ2) is 12.8. The van der Waals surface area contributed by atoms with Gasteiger partial charge in [0.25, 0.3) is 0 Å². The molecule has 4 amide bonds. The monoisotopic (exact) mass is 559 g/mol. The normalized spacial score (nSPS) is 20.1. The Labute approximate surface area is 234 Å². The molecule has 2 aromatic carbocycles. The number of benzene rings is 2. The van der Waals surface area contributed by atoms with Crippen LogP contribution in [-0.2, 0) is 22.7 Å². The maximum atomic E-state index is 13.7. The summed E-state index contributed by atoms with van der Waals surface area (Å²) >= 11 is 12.3. The average molecular weight is 561 g/mol. The van der Waals surface area contributed by atoms with E-state index in [0.717, 1.165) is 30.4 Å². The predicted molar refractivity (Wildman–Crippen MR) is 148 cm³/mol. The first-order chi connectivity index (χ1) is 18.3. The number of unbranched alkanes of at least 4 members (excludes halogenated alkanes) is 1. The van der Waals surface area contributed by atoms with Crippen LogP contribution >= 0.6 is 23.2 Å². The zero-order valence-electron chi connectivity index (χ0n) is 21.9. The van der Waals surface area contributed by atoms with Gasteiger partial charge in [0.15, 0.2) is 0 Å². The standard InChI is InChI=1S/C28H35Cl2N5O3/c1-3-5-11-24-27(37)32(17-21-12-13-22(29)23(30)15-21)18-25-34(24)26(36)19-33(14-4-2)35(25)28(38)31-16-20-9-7-6-8-10-20/h6-10,12-13,15,24-25H,3-5,11,14,16-19H2,1-2H3,(H,31,38)/t24-,25-/m0/s1. The molecule has 2 aliphatic heterocycles. The van der Waals surface area contributed by atoms with Gasteiger partial charge in [0.2, 0.25) is 11.8 Å². The first-order valence-corrected chi connectivity index (χ1v) is 14.0. The lowest BCUT2D eigenvalue weighted by molar-refractivity contribution is -0.191. The van der Waals surface area contributed by atoms with Crippen LogP contribution in [0.25, 0.3) is 0 Å². The Morgan fingerprint density at radius 1 is 1.00 bits per heavy atom. The summed E-state index contributed by atoms with van der Waals surface area (Å²) in [7, 11) is 0. The van der Waals surface area contributed by atoms with Crippen molar-refractivity contribution in [2.75, 3.05) is 19.6 Å². The van der Waals surface area contributed by atoms with Gasteiger partial charge >= 0.3 is 6.03 Å². The van der Waals surface area contributed by atoms with Gasteiger partial charge in [-0.05, 0) is 36.1 Å². The van der Waals surface area contributed by atoms with E-state index in [9.17, 15) is 14.4 Å². The largest absolute Gasteiger partial charge is 0.334 e. The first kappa shape index (κ1) is 28.2. The molecular formula is C28H35Cl2N5O3. The zero-order valence-corrected chi connectivity index (χ0v) is 23.4. The summed E-state index contributed by atoms with van der Waals surface area (Å²) in [5.41, 5.74) is 1.82. The minimum Gasteiger partial charge on any atom is -0.333 e. The third-order valence-electron chi connectivity index (χ3n) is 7.00. The molecule has 2 aromatic rings. The van der Waals surface area contributed by atoms with E-state index in [1.807, 2.05) is 48.3 Å². The molecule has 0 aromatic heterocycles. The Balaban J connectivity index is 1.64. The molecule has 0 saturated carbocycles. The second-order valence-corrected chi connectivity index (χ2v) is 10.6. The van der Waals surface area contributed by atoms with Crippen LogP contribution in [-0.4, -0.2) is 69.5 Å². The van der Waals surface area contributed by atoms with E-state index in [2.05, 4.69) is 12.2 Å². The molecule has 2 aliphatic rings. The van der Waals surface area contributed by atoms with Gasteiger partial charge in [0.05, 0.1) is 23.1 Å². The van der Waals surface area contributed by atoms with Crippen molar-refractivity contribution in [2.24, 2.45) is 0 Å². The Morgan fingerprint density at radius 3 is 2.45 bits per heavy atom. The fourth-order valence-electron chi connectivity index (χ4n) is 5.17. The summed E-state index contributed by atoms with van der Waals surface area (Å²) in [6, 6.07) is 14.1. The van der Waals surface area contributed by atoms with Crippen LogP contribution in [0.15, 0.2) is 48.5 Å². The number of nitrogens with zero attached hydrogens (tertiary/aromatic N) is 4. The van der Waals surface area contributed by atoms with Crippen LogP contribution in [0.2, 0.25) is 10.0 Å². The highest BCUT2D eigenvalue weighted by molar-refractivity contribution is 6.42. The Hall–Kier alpha value is -2.81. The number of fused-ring (bicyclic) bond motifs is 1. The maximum absolute atomic E-state index is 13.7. The Kier molecular flexibility index (Phi) is 9.52. The molecule has 0 aliphatic carbocycles. The molecule has 0 unspecified atom stereocenters. The van der Waals surface area contributed by atoms with Crippen molar-refractivity contribution >= 4 is 41.0 Å². The molecule has 4 rings (SSSR count). The van der Waals surface area contributed by atoms with Gasteiger partial charge in [-0.25, -0.2) is 14.8 Å². The summed E-state index contributed by atoms with van der Waals surface area (Å²) in [5.74, 6) is -0.234. The molecule has 0 bridgehead atoms. The lowest BCUT2D eigenvalue weighted by Gasteiger charge is -2.55. The summed E-state index contributed by atoms with van der Waals surface area (Å²) in [6.45, 7) is 5.56. The highest BCUT2D eigenvalue weighted by Gasteiger charge is 2.50. The van der Waals surface area contributed by atoms with E-state index in [1.165, 1.54) is 0 Å². The third-order valence-corrected chi connectivity index (χ3v) is 7.73. The Morgan fingerprint density at radius 2 is 1.76 bits per heavy atom. The zero-order chi connectivity index (χ0) is 27.2. The number of amides is 4. The van der Waals surface area contributed by atoms with E-state index >= 15 is 0 Å². The molecule has 10 heteroatoms. The van der Waals surface area contributed by atoms with Crippen LogP contribution in [0.4, 0.5) is 4.79 Å². The topological polar surface area (TPSA) is 76.2 Å². The molecule has 2 atom stereocenters. The first-order valence-electron chi connectivity index (χ1n) is 13.2. The number of piperazine rings is 1. The SMILES string of the molecule is CCCC[C@H]1C(=O)N(Cc2ccc(Cl)c(Cl)c2)C[C@H]2N1C(=O)CN(CCC)N2C(=O)NCc1ccccc1.